The summed E-state index contributed by atoms with van der Waals surface area (Å²) in [4.78, 5) is 12.7. The molecule has 26 heavy (non-hydrogen) atoms. The molecule has 0 spiro atoms. The molecule has 0 saturated carbocycles. The molecule has 1 amide bonds. The molecule has 1 atom stereocenters. The average molecular weight is 395 g/mol. The van der Waals surface area contributed by atoms with Gasteiger partial charge in [-0.05, 0) is 68.7 Å². The lowest BCUT2D eigenvalue weighted by Gasteiger charge is -2.28. The first-order valence-corrected chi connectivity index (χ1v) is 10.4. The van der Waals surface area contributed by atoms with Crippen LogP contribution in [0.1, 0.15) is 23.6 Å². The van der Waals surface area contributed by atoms with Gasteiger partial charge in [-0.2, -0.15) is 0 Å². The molecule has 0 bridgehead atoms. The van der Waals surface area contributed by atoms with Gasteiger partial charge in [-0.3, -0.25) is 9.10 Å². The van der Waals surface area contributed by atoms with Crippen molar-refractivity contribution in [1.82, 2.24) is 0 Å². The third kappa shape index (κ3) is 4.77. The van der Waals surface area contributed by atoms with Gasteiger partial charge in [-0.25, -0.2) is 8.42 Å². The maximum Gasteiger partial charge on any atom is 0.247 e. The van der Waals surface area contributed by atoms with Gasteiger partial charge in [0.1, 0.15) is 6.04 Å². The molecule has 2 aromatic rings. The van der Waals surface area contributed by atoms with E-state index < -0.39 is 22.0 Å². The number of carbonyl (C=O) groups is 1. The van der Waals surface area contributed by atoms with Crippen LogP contribution < -0.4 is 9.62 Å². The third-order valence-corrected chi connectivity index (χ3v) is 5.64. The summed E-state index contributed by atoms with van der Waals surface area (Å²) in [5, 5.41) is 3.26. The third-order valence-electron chi connectivity index (χ3n) is 3.99. The van der Waals surface area contributed by atoms with Crippen molar-refractivity contribution >= 4 is 38.9 Å². The fourth-order valence-electron chi connectivity index (χ4n) is 2.80. The van der Waals surface area contributed by atoms with Crippen molar-refractivity contribution in [2.75, 3.05) is 15.9 Å². The first kappa shape index (κ1) is 20.3. The second-order valence-corrected chi connectivity index (χ2v) is 8.80. The number of nitrogens with one attached hydrogen (secondary N) is 1. The molecule has 0 saturated heterocycles. The summed E-state index contributed by atoms with van der Waals surface area (Å²) in [5.41, 5.74) is 3.73. The highest BCUT2D eigenvalue weighted by Gasteiger charge is 2.29. The molecule has 2 rings (SSSR count). The van der Waals surface area contributed by atoms with Crippen LogP contribution in [0.5, 0.6) is 0 Å². The Labute approximate surface area is 160 Å². The van der Waals surface area contributed by atoms with Gasteiger partial charge in [0.05, 0.1) is 11.9 Å². The number of halogens is 1. The first-order chi connectivity index (χ1) is 12.0. The number of rotatable bonds is 5. The minimum atomic E-state index is -3.66. The van der Waals surface area contributed by atoms with Crippen LogP contribution in [0.4, 0.5) is 11.4 Å². The van der Waals surface area contributed by atoms with Crippen molar-refractivity contribution in [2.24, 2.45) is 0 Å². The Kier molecular flexibility index (Phi) is 5.98. The van der Waals surface area contributed by atoms with Crippen LogP contribution in [0.3, 0.4) is 0 Å². The van der Waals surface area contributed by atoms with Gasteiger partial charge in [0.15, 0.2) is 0 Å². The summed E-state index contributed by atoms with van der Waals surface area (Å²) in [6, 6.07) is 9.69. The molecule has 0 aliphatic carbocycles. The zero-order valence-electron chi connectivity index (χ0n) is 15.5. The summed E-state index contributed by atoms with van der Waals surface area (Å²) >= 11 is 6.09. The molecule has 5 nitrogen and oxygen atoms in total. The van der Waals surface area contributed by atoms with Crippen molar-refractivity contribution in [3.8, 4) is 0 Å². The first-order valence-electron chi connectivity index (χ1n) is 8.14. The van der Waals surface area contributed by atoms with Crippen LogP contribution in [0.25, 0.3) is 0 Å². The van der Waals surface area contributed by atoms with Crippen molar-refractivity contribution in [3.63, 3.8) is 0 Å². The van der Waals surface area contributed by atoms with Crippen LogP contribution in [0.15, 0.2) is 36.4 Å². The van der Waals surface area contributed by atoms with Gasteiger partial charge in [-0.15, -0.1) is 0 Å². The van der Waals surface area contributed by atoms with E-state index >= 15 is 0 Å². The van der Waals surface area contributed by atoms with Crippen LogP contribution in [0.2, 0.25) is 5.02 Å². The van der Waals surface area contributed by atoms with Gasteiger partial charge in [-0.1, -0.05) is 23.7 Å². The quantitative estimate of drug-likeness (QED) is 0.831. The number of anilines is 2. The maximum atomic E-state index is 12.7. The van der Waals surface area contributed by atoms with Gasteiger partial charge in [0.25, 0.3) is 0 Å². The number of hydrogen-bond acceptors (Lipinski definition) is 3. The highest BCUT2D eigenvalue weighted by atomic mass is 35.5. The van der Waals surface area contributed by atoms with Gasteiger partial charge in [0.2, 0.25) is 15.9 Å². The zero-order valence-corrected chi connectivity index (χ0v) is 17.1. The Bertz CT molecular complexity index is 922. The number of sulfonamides is 1. The van der Waals surface area contributed by atoms with Crippen LogP contribution in [-0.2, 0) is 14.8 Å². The van der Waals surface area contributed by atoms with Gasteiger partial charge >= 0.3 is 0 Å². The summed E-state index contributed by atoms with van der Waals surface area (Å²) < 4.78 is 25.9. The molecule has 140 valence electrons. The lowest BCUT2D eigenvalue weighted by atomic mass is 10.1. The predicted molar refractivity (Wildman–Crippen MR) is 108 cm³/mol. The molecule has 0 radical (unpaired) electrons. The van der Waals surface area contributed by atoms with Crippen LogP contribution in [-0.4, -0.2) is 26.6 Å². The molecular weight excluding hydrogens is 372 g/mol. The minimum Gasteiger partial charge on any atom is -0.324 e. The van der Waals surface area contributed by atoms with Crippen molar-refractivity contribution in [1.29, 1.82) is 0 Å². The van der Waals surface area contributed by atoms with E-state index in [0.717, 1.165) is 27.3 Å². The van der Waals surface area contributed by atoms with E-state index in [0.29, 0.717) is 16.4 Å². The predicted octanol–water partition coefficient (Wildman–Crippen LogP) is 4.06. The number of amides is 1. The standard InChI is InChI=1S/C19H23ClN2O3S/c1-12-8-13(2)10-17(9-12)22(26(5,24)25)15(4)19(23)21-16-7-6-14(3)18(20)11-16/h6-11,15H,1-5H3,(H,21,23)/t15-/m0/s1. The normalized spacial score (nSPS) is 12.5. The summed E-state index contributed by atoms with van der Waals surface area (Å²) in [6.45, 7) is 7.19. The van der Waals surface area contributed by atoms with E-state index in [-0.39, 0.29) is 0 Å². The number of benzene rings is 2. The second-order valence-electron chi connectivity index (χ2n) is 6.53. The number of nitrogens with zero attached hydrogens (tertiary/aromatic N) is 1. The van der Waals surface area contributed by atoms with E-state index in [1.165, 1.54) is 0 Å². The molecule has 2 aromatic carbocycles. The Morgan fingerprint density at radius 2 is 1.65 bits per heavy atom. The molecule has 1 N–H and O–H groups in total. The Hall–Kier alpha value is -2.05. The maximum absolute atomic E-state index is 12.7. The second kappa shape index (κ2) is 7.68. The Morgan fingerprint density at radius 1 is 1.08 bits per heavy atom. The zero-order chi connectivity index (χ0) is 19.6. The van der Waals surface area contributed by atoms with Gasteiger partial charge in [0, 0.05) is 10.7 Å². The van der Waals surface area contributed by atoms with E-state index in [1.54, 1.807) is 37.3 Å². The molecule has 0 aromatic heterocycles. The topological polar surface area (TPSA) is 66.5 Å². The lowest BCUT2D eigenvalue weighted by Crippen LogP contribution is -2.45. The number of hydrogen-bond donors (Lipinski definition) is 1. The van der Waals surface area contributed by atoms with Crippen molar-refractivity contribution in [2.45, 2.75) is 33.7 Å². The molecule has 0 unspecified atom stereocenters. The number of carbonyl (C=O) groups excluding carboxylic acids is 1. The monoisotopic (exact) mass is 394 g/mol. The number of aryl methyl sites for hydroxylation is 3. The van der Waals surface area contributed by atoms with Crippen molar-refractivity contribution < 1.29 is 13.2 Å². The van der Waals surface area contributed by atoms with E-state index in [2.05, 4.69) is 5.32 Å². The average Bonchev–Trinajstić information content (AvgIpc) is 2.48. The highest BCUT2D eigenvalue weighted by Crippen LogP contribution is 2.25. The smallest absolute Gasteiger partial charge is 0.247 e. The fraction of sp³-hybridized carbons (Fsp3) is 0.316. The van der Waals surface area contributed by atoms with Crippen molar-refractivity contribution in [3.05, 3.63) is 58.1 Å². The van der Waals surface area contributed by atoms with Gasteiger partial charge < -0.3 is 5.32 Å². The van der Waals surface area contributed by atoms with E-state index in [4.69, 9.17) is 11.6 Å². The van der Waals surface area contributed by atoms with E-state index in [1.807, 2.05) is 26.8 Å². The van der Waals surface area contributed by atoms with Crippen LogP contribution in [0, 0.1) is 20.8 Å². The molecule has 0 fully saturated rings. The molecular formula is C19H23ClN2O3S. The molecule has 0 heterocycles. The SMILES string of the molecule is Cc1cc(C)cc(N([C@@H](C)C(=O)Nc2ccc(C)c(Cl)c2)S(C)(=O)=O)c1. The Balaban J connectivity index is 2.35. The highest BCUT2D eigenvalue weighted by molar-refractivity contribution is 7.92. The minimum absolute atomic E-state index is 0.436. The van der Waals surface area contributed by atoms with E-state index in [9.17, 15) is 13.2 Å². The summed E-state index contributed by atoms with van der Waals surface area (Å²) in [6.07, 6.45) is 1.09. The molecule has 0 aliphatic rings. The van der Waals surface area contributed by atoms with Crippen LogP contribution >= 0.6 is 11.6 Å². The molecule has 7 heteroatoms. The Morgan fingerprint density at radius 3 is 2.15 bits per heavy atom. The molecule has 0 aliphatic heterocycles. The summed E-state index contributed by atoms with van der Waals surface area (Å²) in [7, 11) is -3.66. The fourth-order valence-corrected chi connectivity index (χ4v) is 4.14. The lowest BCUT2D eigenvalue weighted by molar-refractivity contribution is -0.116. The summed E-state index contributed by atoms with van der Waals surface area (Å²) in [5.74, 6) is -0.436. The largest absolute Gasteiger partial charge is 0.324 e.